The van der Waals surface area contributed by atoms with Crippen LogP contribution in [0.3, 0.4) is 0 Å². The van der Waals surface area contributed by atoms with Crippen molar-refractivity contribution in [3.05, 3.63) is 17.0 Å². The molecule has 2 atom stereocenters. The van der Waals surface area contributed by atoms with E-state index in [1.807, 2.05) is 0 Å². The minimum absolute atomic E-state index is 0.194. The quantitative estimate of drug-likeness (QED) is 0.880. The fourth-order valence-electron chi connectivity index (χ4n) is 3.73. The zero-order valence-electron chi connectivity index (χ0n) is 12.2. The molecule has 0 amide bonds. The lowest BCUT2D eigenvalue weighted by Crippen LogP contribution is -2.29. The standard InChI is InChI=1S/C15H26N4/c1-10(2)9-19-8-4-7-13(19)15-14-11(16)5-3-6-12(14)17-18-15/h10-11,13H,3-9,16H2,1-2H3,(H,17,18)/t11-,13+/m0/s1. The number of rotatable bonds is 3. The fourth-order valence-corrected chi connectivity index (χ4v) is 3.73. The highest BCUT2D eigenvalue weighted by Crippen LogP contribution is 2.38. The minimum Gasteiger partial charge on any atom is -0.324 e. The SMILES string of the molecule is CC(C)CN1CCC[C@@H]1c1n[nH]c2c1[C@@H](N)CCC2. The summed E-state index contributed by atoms with van der Waals surface area (Å²) in [7, 11) is 0. The van der Waals surface area contributed by atoms with Crippen LogP contribution in [-0.2, 0) is 6.42 Å². The molecule has 0 aromatic carbocycles. The van der Waals surface area contributed by atoms with Crippen molar-refractivity contribution in [2.24, 2.45) is 11.7 Å². The zero-order valence-corrected chi connectivity index (χ0v) is 12.2. The van der Waals surface area contributed by atoms with E-state index >= 15 is 0 Å². The van der Waals surface area contributed by atoms with Gasteiger partial charge in [0.2, 0.25) is 0 Å². The summed E-state index contributed by atoms with van der Waals surface area (Å²) in [6.07, 6.45) is 5.94. The maximum absolute atomic E-state index is 6.33. The summed E-state index contributed by atoms with van der Waals surface area (Å²) in [5.41, 5.74) is 10.2. The highest BCUT2D eigenvalue weighted by molar-refractivity contribution is 5.33. The van der Waals surface area contributed by atoms with Crippen molar-refractivity contribution < 1.29 is 0 Å². The van der Waals surface area contributed by atoms with E-state index in [-0.39, 0.29) is 6.04 Å². The molecule has 106 valence electrons. The van der Waals surface area contributed by atoms with Crippen LogP contribution >= 0.6 is 0 Å². The van der Waals surface area contributed by atoms with Crippen molar-refractivity contribution in [1.29, 1.82) is 0 Å². The second kappa shape index (κ2) is 5.25. The van der Waals surface area contributed by atoms with Gasteiger partial charge in [-0.2, -0.15) is 5.10 Å². The van der Waals surface area contributed by atoms with Crippen molar-refractivity contribution >= 4 is 0 Å². The lowest BCUT2D eigenvalue weighted by Gasteiger charge is -2.27. The Morgan fingerprint density at radius 1 is 1.37 bits per heavy atom. The molecule has 2 aliphatic rings. The summed E-state index contributed by atoms with van der Waals surface area (Å²) in [6, 6.07) is 0.686. The van der Waals surface area contributed by atoms with Gasteiger partial charge in [-0.05, 0) is 44.6 Å². The van der Waals surface area contributed by atoms with Crippen LogP contribution in [0.4, 0.5) is 0 Å². The van der Waals surface area contributed by atoms with Crippen molar-refractivity contribution in [2.45, 2.75) is 58.0 Å². The molecule has 3 N–H and O–H groups in total. The van der Waals surface area contributed by atoms with E-state index in [1.165, 1.54) is 49.3 Å². The van der Waals surface area contributed by atoms with Crippen LogP contribution in [-0.4, -0.2) is 28.2 Å². The Hall–Kier alpha value is -0.870. The van der Waals surface area contributed by atoms with Crippen LogP contribution < -0.4 is 5.73 Å². The van der Waals surface area contributed by atoms with Crippen molar-refractivity contribution in [1.82, 2.24) is 15.1 Å². The van der Waals surface area contributed by atoms with Crippen LogP contribution in [0.5, 0.6) is 0 Å². The summed E-state index contributed by atoms with van der Waals surface area (Å²) < 4.78 is 0. The van der Waals surface area contributed by atoms with E-state index in [0.29, 0.717) is 12.0 Å². The third-order valence-corrected chi connectivity index (χ3v) is 4.50. The highest BCUT2D eigenvalue weighted by Gasteiger charge is 2.33. The molecule has 4 nitrogen and oxygen atoms in total. The third kappa shape index (κ3) is 2.43. The third-order valence-electron chi connectivity index (χ3n) is 4.50. The van der Waals surface area contributed by atoms with E-state index in [2.05, 4.69) is 28.9 Å². The second-order valence-corrected chi connectivity index (χ2v) is 6.55. The van der Waals surface area contributed by atoms with Gasteiger partial charge < -0.3 is 5.73 Å². The predicted molar refractivity (Wildman–Crippen MR) is 76.8 cm³/mol. The first-order valence-electron chi connectivity index (χ1n) is 7.73. The van der Waals surface area contributed by atoms with Gasteiger partial charge in [-0.1, -0.05) is 13.8 Å². The number of likely N-dealkylation sites (tertiary alicyclic amines) is 1. The molecule has 1 saturated heterocycles. The molecule has 3 rings (SSSR count). The average molecular weight is 262 g/mol. The largest absolute Gasteiger partial charge is 0.324 e. The van der Waals surface area contributed by atoms with E-state index in [4.69, 9.17) is 5.73 Å². The summed E-state index contributed by atoms with van der Waals surface area (Å²) >= 11 is 0. The second-order valence-electron chi connectivity index (χ2n) is 6.55. The molecule has 0 radical (unpaired) electrons. The van der Waals surface area contributed by atoms with Crippen molar-refractivity contribution in [3.63, 3.8) is 0 Å². The maximum Gasteiger partial charge on any atom is 0.0844 e. The number of aromatic amines is 1. The monoisotopic (exact) mass is 262 g/mol. The molecule has 0 bridgehead atoms. The Balaban J connectivity index is 1.87. The first-order valence-corrected chi connectivity index (χ1v) is 7.73. The zero-order chi connectivity index (χ0) is 13.4. The first-order chi connectivity index (χ1) is 9.16. The fraction of sp³-hybridized carbons (Fsp3) is 0.800. The van der Waals surface area contributed by atoms with E-state index < -0.39 is 0 Å². The number of nitrogens with one attached hydrogen (secondary N) is 1. The maximum atomic E-state index is 6.33. The summed E-state index contributed by atoms with van der Waals surface area (Å²) in [6.45, 7) is 6.96. The van der Waals surface area contributed by atoms with Gasteiger partial charge in [0.1, 0.15) is 0 Å². The number of aromatic nitrogens is 2. The van der Waals surface area contributed by atoms with Crippen molar-refractivity contribution in [2.75, 3.05) is 13.1 Å². The molecule has 2 heterocycles. The van der Waals surface area contributed by atoms with Crippen LogP contribution in [0.25, 0.3) is 0 Å². The number of hydrogen-bond acceptors (Lipinski definition) is 3. The Morgan fingerprint density at radius 2 is 2.21 bits per heavy atom. The lowest BCUT2D eigenvalue weighted by atomic mass is 9.89. The number of fused-ring (bicyclic) bond motifs is 1. The van der Waals surface area contributed by atoms with Crippen LogP contribution in [0, 0.1) is 5.92 Å². The Kier molecular flexibility index (Phi) is 3.63. The number of aryl methyl sites for hydroxylation is 1. The van der Waals surface area contributed by atoms with Gasteiger partial charge in [-0.25, -0.2) is 0 Å². The molecule has 0 saturated carbocycles. The molecule has 1 aliphatic carbocycles. The number of H-pyrrole nitrogens is 1. The molecular formula is C15H26N4. The van der Waals surface area contributed by atoms with Gasteiger partial charge in [0.25, 0.3) is 0 Å². The molecule has 1 aliphatic heterocycles. The molecule has 1 aromatic heterocycles. The smallest absolute Gasteiger partial charge is 0.0844 e. The lowest BCUT2D eigenvalue weighted by molar-refractivity contribution is 0.224. The van der Waals surface area contributed by atoms with Gasteiger partial charge in [-0.3, -0.25) is 10.00 Å². The number of nitrogens with two attached hydrogens (primary N) is 1. The number of hydrogen-bond donors (Lipinski definition) is 2. The van der Waals surface area contributed by atoms with Crippen molar-refractivity contribution in [3.8, 4) is 0 Å². The van der Waals surface area contributed by atoms with Gasteiger partial charge in [0, 0.05) is 23.8 Å². The van der Waals surface area contributed by atoms with Gasteiger partial charge >= 0.3 is 0 Å². The molecule has 1 aromatic rings. The summed E-state index contributed by atoms with van der Waals surface area (Å²) in [5, 5.41) is 7.89. The highest BCUT2D eigenvalue weighted by atomic mass is 15.2. The van der Waals surface area contributed by atoms with Crippen LogP contribution in [0.2, 0.25) is 0 Å². The molecule has 0 spiro atoms. The van der Waals surface area contributed by atoms with Gasteiger partial charge in [-0.15, -0.1) is 0 Å². The Labute approximate surface area is 115 Å². The topological polar surface area (TPSA) is 57.9 Å². The minimum atomic E-state index is 0.194. The van der Waals surface area contributed by atoms with E-state index in [0.717, 1.165) is 12.8 Å². The molecule has 4 heteroatoms. The van der Waals surface area contributed by atoms with Gasteiger partial charge in [0.15, 0.2) is 0 Å². The van der Waals surface area contributed by atoms with E-state index in [1.54, 1.807) is 0 Å². The van der Waals surface area contributed by atoms with E-state index in [9.17, 15) is 0 Å². The van der Waals surface area contributed by atoms with Crippen LogP contribution in [0.15, 0.2) is 0 Å². The molecule has 19 heavy (non-hydrogen) atoms. The van der Waals surface area contributed by atoms with Crippen LogP contribution in [0.1, 0.15) is 68.6 Å². The Morgan fingerprint density at radius 3 is 3.00 bits per heavy atom. The summed E-state index contributed by atoms with van der Waals surface area (Å²) in [5.74, 6) is 0.712. The summed E-state index contributed by atoms with van der Waals surface area (Å²) in [4.78, 5) is 2.60. The predicted octanol–water partition coefficient (Wildman–Crippen LogP) is 2.54. The first kappa shape index (κ1) is 13.1. The molecular weight excluding hydrogens is 236 g/mol. The number of nitrogens with zero attached hydrogens (tertiary/aromatic N) is 2. The molecule has 1 fully saturated rings. The van der Waals surface area contributed by atoms with Gasteiger partial charge in [0.05, 0.1) is 11.7 Å². The normalized spacial score (nSPS) is 28.0. The molecule has 0 unspecified atom stereocenters. The average Bonchev–Trinajstić information content (AvgIpc) is 2.95. The Bertz CT molecular complexity index is 437.